The summed E-state index contributed by atoms with van der Waals surface area (Å²) in [6.07, 6.45) is 8.85. The number of nitrogen functional groups attached to an aromatic ring is 1. The van der Waals surface area contributed by atoms with Crippen LogP contribution in [0, 0.1) is 34.6 Å². The number of benzene rings is 7. The second kappa shape index (κ2) is 15.8. The Hall–Kier alpha value is -6.91. The maximum absolute atomic E-state index is 6.71. The van der Waals surface area contributed by atoms with E-state index in [1.165, 1.54) is 66.5 Å². The second-order valence-corrected chi connectivity index (χ2v) is 15.9. The molecule has 1 aliphatic rings. The lowest BCUT2D eigenvalue weighted by molar-refractivity contribution is 0.627. The first kappa shape index (κ1) is 37.7. The molecule has 0 spiro atoms. The Balaban J connectivity index is 1.10. The third-order valence-corrected chi connectivity index (χ3v) is 12.0. The first-order valence-electron chi connectivity index (χ1n) is 20.5. The van der Waals surface area contributed by atoms with Crippen molar-refractivity contribution in [1.82, 2.24) is 0 Å². The van der Waals surface area contributed by atoms with Crippen LogP contribution in [0.5, 0.6) is 0 Å². The number of hydrogen-bond acceptors (Lipinski definition) is 3. The number of nitrogens with zero attached hydrogens (tertiary/aromatic N) is 1. The molecule has 0 bridgehead atoms. The molecule has 0 aliphatic heterocycles. The predicted octanol–water partition coefficient (Wildman–Crippen LogP) is 12.3. The highest BCUT2D eigenvalue weighted by Crippen LogP contribution is 2.41. The molecule has 0 atom stereocenters. The van der Waals surface area contributed by atoms with Crippen LogP contribution in [0.15, 0.2) is 179 Å². The molecule has 7 aromatic carbocycles. The van der Waals surface area contributed by atoms with Crippen molar-refractivity contribution in [3.8, 4) is 44.5 Å². The Bertz CT molecular complexity index is 2810. The van der Waals surface area contributed by atoms with Crippen LogP contribution in [-0.2, 0) is 0 Å². The van der Waals surface area contributed by atoms with Crippen molar-refractivity contribution in [3.63, 3.8) is 0 Å². The molecule has 3 nitrogen and oxygen atoms in total. The number of aryl methyl sites for hydroxylation is 5. The highest BCUT2D eigenvalue weighted by atomic mass is 16.3. The minimum atomic E-state index is 0.0560. The standard InChI is InChI=1S/C55H47BN2O/c1-35-30-45(40-16-9-6-10-17-40)31-36(2)52(35)56(53-37(3)32-46(33-38(53)4)41-18-11-7-12-19-41)47-26-24-42(25-27-47)43-20-15-21-44(34-43)49-28-29-50-51(39(49)5)54(57)55(59-50)58-48-22-13-8-14-23-48/h6-22,24-34H,23,57H2,1-5H3/b58-48-. The molecule has 0 fully saturated rings. The van der Waals surface area contributed by atoms with E-state index in [-0.39, 0.29) is 6.71 Å². The maximum atomic E-state index is 6.71. The van der Waals surface area contributed by atoms with Crippen LogP contribution in [0.1, 0.15) is 34.2 Å². The zero-order valence-electron chi connectivity index (χ0n) is 34.4. The van der Waals surface area contributed by atoms with Gasteiger partial charge in [0.2, 0.25) is 12.6 Å². The lowest BCUT2D eigenvalue weighted by Crippen LogP contribution is -2.55. The number of aliphatic imine (C=N–C) groups is 1. The van der Waals surface area contributed by atoms with Gasteiger partial charge in [0.1, 0.15) is 11.3 Å². The van der Waals surface area contributed by atoms with Gasteiger partial charge in [-0.25, -0.2) is 4.99 Å². The third-order valence-electron chi connectivity index (χ3n) is 12.0. The predicted molar refractivity (Wildman–Crippen MR) is 254 cm³/mol. The number of rotatable bonds is 8. The molecule has 2 N–H and O–H groups in total. The summed E-state index contributed by atoms with van der Waals surface area (Å²) in [5, 5.41) is 0.919. The molecule has 286 valence electrons. The molecule has 0 saturated heterocycles. The van der Waals surface area contributed by atoms with Crippen LogP contribution in [-0.4, -0.2) is 12.4 Å². The zero-order chi connectivity index (χ0) is 40.6. The van der Waals surface area contributed by atoms with Gasteiger partial charge < -0.3 is 10.2 Å². The van der Waals surface area contributed by atoms with Crippen molar-refractivity contribution in [2.45, 2.75) is 41.0 Å². The van der Waals surface area contributed by atoms with Crippen LogP contribution >= 0.6 is 0 Å². The highest BCUT2D eigenvalue weighted by Gasteiger charge is 2.29. The van der Waals surface area contributed by atoms with Crippen LogP contribution in [0.25, 0.3) is 55.5 Å². The van der Waals surface area contributed by atoms with E-state index in [4.69, 9.17) is 15.1 Å². The fourth-order valence-corrected chi connectivity index (χ4v) is 9.15. The van der Waals surface area contributed by atoms with Crippen molar-refractivity contribution in [2.75, 3.05) is 5.73 Å². The van der Waals surface area contributed by atoms with E-state index < -0.39 is 0 Å². The molecule has 9 rings (SSSR count). The van der Waals surface area contributed by atoms with Gasteiger partial charge in [-0.05, 0) is 103 Å². The molecule has 1 aliphatic carbocycles. The van der Waals surface area contributed by atoms with Gasteiger partial charge in [0.25, 0.3) is 0 Å². The van der Waals surface area contributed by atoms with Gasteiger partial charge in [-0.15, -0.1) is 0 Å². The molecular weight excluding hydrogens is 715 g/mol. The molecule has 0 unspecified atom stereocenters. The molecule has 0 saturated carbocycles. The summed E-state index contributed by atoms with van der Waals surface area (Å²) >= 11 is 0. The van der Waals surface area contributed by atoms with E-state index in [0.717, 1.165) is 45.4 Å². The number of anilines is 1. The number of nitrogens with two attached hydrogens (primary N) is 1. The zero-order valence-corrected chi connectivity index (χ0v) is 34.4. The van der Waals surface area contributed by atoms with Gasteiger partial charge in [-0.1, -0.05) is 190 Å². The third kappa shape index (κ3) is 7.28. The molecule has 4 heteroatoms. The van der Waals surface area contributed by atoms with Crippen LogP contribution < -0.4 is 22.1 Å². The molecule has 1 heterocycles. The quantitative estimate of drug-likeness (QED) is 0.157. The van der Waals surface area contributed by atoms with Gasteiger partial charge in [0, 0.05) is 17.5 Å². The Morgan fingerprint density at radius 1 is 0.525 bits per heavy atom. The summed E-state index contributed by atoms with van der Waals surface area (Å²) in [6.45, 7) is 11.3. The molecular formula is C55H47BN2O. The van der Waals surface area contributed by atoms with E-state index in [2.05, 4.69) is 180 Å². The maximum Gasteiger partial charge on any atom is 0.243 e. The number of fused-ring (bicyclic) bond motifs is 1. The smallest absolute Gasteiger partial charge is 0.243 e. The van der Waals surface area contributed by atoms with Crippen molar-refractivity contribution in [3.05, 3.63) is 198 Å². The number of allylic oxidation sites excluding steroid dienone is 4. The van der Waals surface area contributed by atoms with Gasteiger partial charge in [-0.2, -0.15) is 0 Å². The molecule has 8 aromatic rings. The van der Waals surface area contributed by atoms with Gasteiger partial charge in [0.15, 0.2) is 0 Å². The molecule has 1 aromatic heterocycles. The summed E-state index contributed by atoms with van der Waals surface area (Å²) in [6, 6.07) is 53.1. The average Bonchev–Trinajstić information content (AvgIpc) is 3.58. The lowest BCUT2D eigenvalue weighted by Gasteiger charge is -2.25. The van der Waals surface area contributed by atoms with E-state index in [1.54, 1.807) is 0 Å². The topological polar surface area (TPSA) is 51.5 Å². The van der Waals surface area contributed by atoms with Crippen molar-refractivity contribution in [2.24, 2.45) is 4.99 Å². The normalized spacial score (nSPS) is 13.1. The summed E-state index contributed by atoms with van der Waals surface area (Å²) < 4.78 is 6.17. The summed E-state index contributed by atoms with van der Waals surface area (Å²) in [4.78, 5) is 4.75. The fraction of sp³-hybridized carbons (Fsp3) is 0.109. The Labute approximate surface area is 348 Å². The SMILES string of the molecule is Cc1cc(-c2ccccc2)cc(C)c1B(c1ccc(-c2cccc(-c3ccc4oc(/N=C5/C=CC=CC5)c(N)c4c3C)c2)cc1)c1c(C)cc(-c2ccccc2)cc1C. The van der Waals surface area contributed by atoms with E-state index in [9.17, 15) is 0 Å². The van der Waals surface area contributed by atoms with E-state index in [1.807, 2.05) is 24.3 Å². The highest BCUT2D eigenvalue weighted by molar-refractivity contribution is 6.96. The van der Waals surface area contributed by atoms with Crippen molar-refractivity contribution < 1.29 is 4.42 Å². The fourth-order valence-electron chi connectivity index (χ4n) is 9.15. The second-order valence-electron chi connectivity index (χ2n) is 15.9. The largest absolute Gasteiger partial charge is 0.436 e. The summed E-state index contributed by atoms with van der Waals surface area (Å²) in [7, 11) is 0. The Morgan fingerprint density at radius 3 is 1.63 bits per heavy atom. The van der Waals surface area contributed by atoms with Gasteiger partial charge >= 0.3 is 0 Å². The first-order valence-corrected chi connectivity index (χ1v) is 20.5. The van der Waals surface area contributed by atoms with E-state index in [0.29, 0.717) is 11.6 Å². The van der Waals surface area contributed by atoms with Crippen LogP contribution in [0.4, 0.5) is 11.6 Å². The minimum absolute atomic E-state index is 0.0560. The van der Waals surface area contributed by atoms with E-state index >= 15 is 0 Å². The molecule has 0 radical (unpaired) electrons. The van der Waals surface area contributed by atoms with Crippen molar-refractivity contribution >= 4 is 51.4 Å². The van der Waals surface area contributed by atoms with Crippen LogP contribution in [0.3, 0.4) is 0 Å². The van der Waals surface area contributed by atoms with Crippen LogP contribution in [0.2, 0.25) is 0 Å². The van der Waals surface area contributed by atoms with Gasteiger partial charge in [-0.3, -0.25) is 0 Å². The van der Waals surface area contributed by atoms with Gasteiger partial charge in [0.05, 0.1) is 0 Å². The lowest BCUT2D eigenvalue weighted by atomic mass is 9.34. The summed E-state index contributed by atoms with van der Waals surface area (Å²) in [5.41, 5.74) is 28.8. The Morgan fingerprint density at radius 2 is 1.07 bits per heavy atom. The number of furan rings is 1. The van der Waals surface area contributed by atoms with Crippen molar-refractivity contribution in [1.29, 1.82) is 0 Å². The first-order chi connectivity index (χ1) is 28.7. The monoisotopic (exact) mass is 762 g/mol. The minimum Gasteiger partial charge on any atom is -0.436 e. The molecule has 59 heavy (non-hydrogen) atoms. The average molecular weight is 763 g/mol. The number of hydrogen-bond donors (Lipinski definition) is 1. The Kier molecular flexibility index (Phi) is 10.1. The summed E-state index contributed by atoms with van der Waals surface area (Å²) in [5.74, 6) is 0.470. The molecule has 0 amide bonds.